The quantitative estimate of drug-likeness (QED) is 0.620. The van der Waals surface area contributed by atoms with Crippen LogP contribution in [-0.2, 0) is 14.8 Å². The fourth-order valence-corrected chi connectivity index (χ4v) is 1.83. The molecule has 0 fully saturated rings. The van der Waals surface area contributed by atoms with Crippen molar-refractivity contribution in [2.45, 2.75) is 4.90 Å². The average Bonchev–Trinajstić information content (AvgIpc) is 2.24. The number of sulfonamides is 1. The van der Waals surface area contributed by atoms with Gasteiger partial charge in [0.1, 0.15) is 10.6 Å². The summed E-state index contributed by atoms with van der Waals surface area (Å²) in [6.07, 6.45) is 0. The molecule has 0 atom stereocenters. The van der Waals surface area contributed by atoms with Gasteiger partial charge in [0.2, 0.25) is 10.0 Å². The number of carboxylic acid groups (broad SMARTS) is 1. The fourth-order valence-electron chi connectivity index (χ4n) is 1.13. The molecule has 1 amide bonds. The predicted octanol–water partition coefficient (Wildman–Crippen LogP) is -1.10. The summed E-state index contributed by atoms with van der Waals surface area (Å²) in [5.41, 5.74) is 4.57. The number of aromatic carboxylic acids is 1. The van der Waals surface area contributed by atoms with E-state index in [9.17, 15) is 18.0 Å². The molecule has 0 aliphatic rings. The lowest BCUT2D eigenvalue weighted by Gasteiger charge is -2.09. The topological polar surface area (TPSA) is 150 Å². The van der Waals surface area contributed by atoms with E-state index >= 15 is 0 Å². The molecule has 9 heteroatoms. The summed E-state index contributed by atoms with van der Waals surface area (Å²) < 4.78 is 27.4. The van der Waals surface area contributed by atoms with Gasteiger partial charge in [0.15, 0.2) is 6.61 Å². The number of benzene rings is 1. The van der Waals surface area contributed by atoms with E-state index in [1.165, 1.54) is 0 Å². The van der Waals surface area contributed by atoms with Gasteiger partial charge in [0, 0.05) is 0 Å². The summed E-state index contributed by atoms with van der Waals surface area (Å²) in [5.74, 6) is -2.36. The molecule has 0 spiro atoms. The van der Waals surface area contributed by atoms with E-state index in [0.717, 1.165) is 18.2 Å². The van der Waals surface area contributed by atoms with Gasteiger partial charge in [-0.1, -0.05) is 0 Å². The number of rotatable bonds is 5. The summed E-state index contributed by atoms with van der Waals surface area (Å²) in [6, 6.07) is 3.05. The highest BCUT2D eigenvalue weighted by Gasteiger charge is 2.18. The highest BCUT2D eigenvalue weighted by Crippen LogP contribution is 2.24. The minimum absolute atomic E-state index is 0.235. The molecule has 0 heterocycles. The number of amides is 1. The Hall–Kier alpha value is -2.13. The van der Waals surface area contributed by atoms with Crippen molar-refractivity contribution in [2.24, 2.45) is 10.9 Å². The Morgan fingerprint density at radius 3 is 2.39 bits per heavy atom. The maximum absolute atomic E-state index is 11.3. The Balaban J connectivity index is 3.26. The summed E-state index contributed by atoms with van der Waals surface area (Å²) in [6.45, 7) is -0.547. The van der Waals surface area contributed by atoms with E-state index in [2.05, 4.69) is 0 Å². The number of hydrogen-bond donors (Lipinski definition) is 3. The molecule has 1 aromatic carbocycles. The van der Waals surface area contributed by atoms with Gasteiger partial charge in [-0.3, -0.25) is 4.79 Å². The smallest absolute Gasteiger partial charge is 0.335 e. The minimum atomic E-state index is -4.18. The highest BCUT2D eigenvalue weighted by atomic mass is 32.2. The molecule has 0 unspecified atom stereocenters. The van der Waals surface area contributed by atoms with Crippen molar-refractivity contribution in [3.8, 4) is 5.75 Å². The average molecular weight is 274 g/mol. The Labute approximate surface area is 102 Å². The first-order valence-electron chi connectivity index (χ1n) is 4.53. The van der Waals surface area contributed by atoms with Crippen molar-refractivity contribution in [2.75, 3.05) is 6.61 Å². The minimum Gasteiger partial charge on any atom is -0.482 e. The summed E-state index contributed by atoms with van der Waals surface area (Å²) in [7, 11) is -4.18. The van der Waals surface area contributed by atoms with Crippen LogP contribution in [0.5, 0.6) is 5.75 Å². The Bertz CT molecular complexity index is 595. The van der Waals surface area contributed by atoms with E-state index < -0.39 is 33.4 Å². The number of primary amides is 1. The molecule has 0 aromatic heterocycles. The van der Waals surface area contributed by atoms with E-state index in [1.54, 1.807) is 0 Å². The van der Waals surface area contributed by atoms with Crippen LogP contribution >= 0.6 is 0 Å². The van der Waals surface area contributed by atoms with Gasteiger partial charge in [-0.15, -0.1) is 0 Å². The van der Waals surface area contributed by atoms with Gasteiger partial charge in [-0.25, -0.2) is 18.4 Å². The molecular formula is C9H10N2O6S. The number of carboxylic acids is 1. The molecule has 0 aliphatic heterocycles. The van der Waals surface area contributed by atoms with Crippen molar-refractivity contribution < 1.29 is 27.9 Å². The summed E-state index contributed by atoms with van der Waals surface area (Å²) in [4.78, 5) is 20.7. The summed E-state index contributed by atoms with van der Waals surface area (Å²) in [5, 5.41) is 13.6. The maximum atomic E-state index is 11.3. The first-order valence-corrected chi connectivity index (χ1v) is 6.07. The van der Waals surface area contributed by atoms with Crippen LogP contribution < -0.4 is 15.6 Å². The Morgan fingerprint density at radius 1 is 1.33 bits per heavy atom. The van der Waals surface area contributed by atoms with E-state index in [-0.39, 0.29) is 11.3 Å². The van der Waals surface area contributed by atoms with Crippen LogP contribution in [-0.4, -0.2) is 32.0 Å². The third-order valence-corrected chi connectivity index (χ3v) is 2.80. The number of ether oxygens (including phenoxy) is 1. The molecule has 5 N–H and O–H groups in total. The molecule has 0 saturated carbocycles. The number of primary sulfonamides is 1. The third-order valence-electron chi connectivity index (χ3n) is 1.87. The van der Waals surface area contributed by atoms with Gasteiger partial charge in [0.05, 0.1) is 5.56 Å². The molecular weight excluding hydrogens is 264 g/mol. The normalized spacial score (nSPS) is 10.9. The number of carbonyl (C=O) groups excluding carboxylic acids is 1. The molecule has 1 aromatic rings. The monoisotopic (exact) mass is 274 g/mol. The first kappa shape index (κ1) is 13.9. The Morgan fingerprint density at radius 2 is 1.94 bits per heavy atom. The van der Waals surface area contributed by atoms with Crippen LogP contribution in [0.25, 0.3) is 0 Å². The molecule has 0 radical (unpaired) electrons. The zero-order valence-corrected chi connectivity index (χ0v) is 9.81. The van der Waals surface area contributed by atoms with Crippen LogP contribution in [0.4, 0.5) is 0 Å². The highest BCUT2D eigenvalue weighted by molar-refractivity contribution is 7.89. The SMILES string of the molecule is NC(=O)COc1ccc(C(=O)O)cc1S(N)(=O)=O. The standard InChI is InChI=1S/C9H10N2O6S/c10-8(12)4-17-6-2-1-5(9(13)14)3-7(6)18(11,15)16/h1-3H,4H2,(H2,10,12)(H,13,14)(H2,11,15,16). The molecule has 0 saturated heterocycles. The van der Waals surface area contributed by atoms with E-state index in [4.69, 9.17) is 20.7 Å². The van der Waals surface area contributed by atoms with E-state index in [0.29, 0.717) is 0 Å². The summed E-state index contributed by atoms with van der Waals surface area (Å²) >= 11 is 0. The maximum Gasteiger partial charge on any atom is 0.335 e. The third kappa shape index (κ3) is 3.43. The molecule has 0 bridgehead atoms. The van der Waals surface area contributed by atoms with Crippen LogP contribution in [0.3, 0.4) is 0 Å². The number of carbonyl (C=O) groups is 2. The van der Waals surface area contributed by atoms with Gasteiger partial charge >= 0.3 is 5.97 Å². The molecule has 98 valence electrons. The molecule has 1 rings (SSSR count). The molecule has 0 aliphatic carbocycles. The number of nitrogens with two attached hydrogens (primary N) is 2. The van der Waals surface area contributed by atoms with Crippen molar-refractivity contribution >= 4 is 21.9 Å². The van der Waals surface area contributed by atoms with Crippen molar-refractivity contribution in [3.63, 3.8) is 0 Å². The molecule has 8 nitrogen and oxygen atoms in total. The van der Waals surface area contributed by atoms with E-state index in [1.807, 2.05) is 0 Å². The number of hydrogen-bond acceptors (Lipinski definition) is 5. The van der Waals surface area contributed by atoms with Crippen LogP contribution in [0.15, 0.2) is 23.1 Å². The predicted molar refractivity (Wildman–Crippen MR) is 59.5 cm³/mol. The van der Waals surface area contributed by atoms with Crippen molar-refractivity contribution in [1.29, 1.82) is 0 Å². The van der Waals surface area contributed by atoms with Crippen LogP contribution in [0, 0.1) is 0 Å². The zero-order chi connectivity index (χ0) is 13.9. The lowest BCUT2D eigenvalue weighted by molar-refractivity contribution is -0.120. The second-order valence-electron chi connectivity index (χ2n) is 3.27. The molecule has 18 heavy (non-hydrogen) atoms. The Kier molecular flexibility index (Phi) is 3.89. The fraction of sp³-hybridized carbons (Fsp3) is 0.111. The van der Waals surface area contributed by atoms with Crippen LogP contribution in [0.2, 0.25) is 0 Å². The lowest BCUT2D eigenvalue weighted by atomic mass is 10.2. The largest absolute Gasteiger partial charge is 0.482 e. The lowest BCUT2D eigenvalue weighted by Crippen LogP contribution is -2.22. The second kappa shape index (κ2) is 5.02. The van der Waals surface area contributed by atoms with Gasteiger partial charge < -0.3 is 15.6 Å². The first-order chi connectivity index (χ1) is 8.21. The zero-order valence-electron chi connectivity index (χ0n) is 8.99. The van der Waals surface area contributed by atoms with Crippen LogP contribution in [0.1, 0.15) is 10.4 Å². The van der Waals surface area contributed by atoms with Gasteiger partial charge in [-0.05, 0) is 18.2 Å². The van der Waals surface area contributed by atoms with Gasteiger partial charge in [0.25, 0.3) is 5.91 Å². The van der Waals surface area contributed by atoms with Gasteiger partial charge in [-0.2, -0.15) is 0 Å². The second-order valence-corrected chi connectivity index (χ2v) is 4.80. The van der Waals surface area contributed by atoms with Crippen molar-refractivity contribution in [1.82, 2.24) is 0 Å². The van der Waals surface area contributed by atoms with Crippen molar-refractivity contribution in [3.05, 3.63) is 23.8 Å².